The first-order valence-corrected chi connectivity index (χ1v) is 7.53. The summed E-state index contributed by atoms with van der Waals surface area (Å²) in [7, 11) is -3.84. The third-order valence-electron chi connectivity index (χ3n) is 2.46. The van der Waals surface area contributed by atoms with Crippen LogP contribution in [0.15, 0.2) is 34.7 Å². The highest BCUT2D eigenvalue weighted by Crippen LogP contribution is 2.22. The Hall–Kier alpha value is -1.93. The topological polar surface area (TPSA) is 96.4 Å². The third-order valence-corrected chi connectivity index (χ3v) is 4.76. The number of aromatic carboxylic acids is 1. The maximum Gasteiger partial charge on any atom is 0.335 e. The first-order valence-electron chi connectivity index (χ1n) is 5.17. The molecule has 0 aliphatic carbocycles. The number of thiazole rings is 1. The first-order chi connectivity index (χ1) is 8.92. The van der Waals surface area contributed by atoms with E-state index in [-0.39, 0.29) is 21.2 Å². The average Bonchev–Trinajstić information content (AvgIpc) is 2.80. The van der Waals surface area contributed by atoms with E-state index in [9.17, 15) is 13.2 Å². The molecular weight excluding hydrogens is 288 g/mol. The zero-order valence-electron chi connectivity index (χ0n) is 9.82. The molecule has 19 heavy (non-hydrogen) atoms. The lowest BCUT2D eigenvalue weighted by Crippen LogP contribution is -2.15. The maximum absolute atomic E-state index is 12.2. The van der Waals surface area contributed by atoms with Gasteiger partial charge in [-0.2, -0.15) is 0 Å². The third kappa shape index (κ3) is 2.74. The van der Waals surface area contributed by atoms with Crippen LogP contribution in [0.1, 0.15) is 15.9 Å². The minimum atomic E-state index is -3.84. The van der Waals surface area contributed by atoms with Gasteiger partial charge in [0.25, 0.3) is 10.0 Å². The molecule has 0 saturated heterocycles. The number of nitrogens with zero attached hydrogens (tertiary/aromatic N) is 1. The number of carbonyl (C=O) groups is 1. The Kier molecular flexibility index (Phi) is 3.54. The number of carboxylic acid groups (broad SMARTS) is 1. The molecule has 100 valence electrons. The van der Waals surface area contributed by atoms with Gasteiger partial charge in [0.05, 0.1) is 10.5 Å². The molecule has 0 radical (unpaired) electrons. The van der Waals surface area contributed by atoms with Gasteiger partial charge in [-0.05, 0) is 24.6 Å². The highest BCUT2D eigenvalue weighted by atomic mass is 32.2. The Morgan fingerprint density at radius 3 is 2.74 bits per heavy atom. The summed E-state index contributed by atoms with van der Waals surface area (Å²) in [4.78, 5) is 14.8. The van der Waals surface area contributed by atoms with Crippen LogP contribution >= 0.6 is 11.3 Å². The molecule has 2 N–H and O–H groups in total. The molecule has 0 amide bonds. The number of sulfonamides is 1. The summed E-state index contributed by atoms with van der Waals surface area (Å²) in [6.07, 6.45) is 1.48. The van der Waals surface area contributed by atoms with E-state index in [1.807, 2.05) is 0 Å². The second kappa shape index (κ2) is 4.98. The zero-order valence-corrected chi connectivity index (χ0v) is 11.5. The van der Waals surface area contributed by atoms with Crippen LogP contribution in [0.25, 0.3) is 0 Å². The molecule has 0 saturated carbocycles. The van der Waals surface area contributed by atoms with Gasteiger partial charge in [0.1, 0.15) is 0 Å². The van der Waals surface area contributed by atoms with Crippen molar-refractivity contribution in [3.8, 4) is 0 Å². The summed E-state index contributed by atoms with van der Waals surface area (Å²) in [6.45, 7) is 1.46. The number of rotatable bonds is 4. The minimum absolute atomic E-state index is 0.0398. The van der Waals surface area contributed by atoms with Crippen molar-refractivity contribution in [1.82, 2.24) is 4.98 Å². The summed E-state index contributed by atoms with van der Waals surface area (Å²) in [5.74, 6) is -1.16. The van der Waals surface area contributed by atoms with E-state index in [1.54, 1.807) is 5.38 Å². The molecule has 8 heteroatoms. The number of anilines is 1. The van der Waals surface area contributed by atoms with E-state index < -0.39 is 16.0 Å². The Morgan fingerprint density at radius 2 is 2.16 bits per heavy atom. The summed E-state index contributed by atoms with van der Waals surface area (Å²) in [5, 5.41) is 10.9. The lowest BCUT2D eigenvalue weighted by Gasteiger charge is -2.09. The number of hydrogen-bond donors (Lipinski definition) is 2. The van der Waals surface area contributed by atoms with Crippen LogP contribution in [0.3, 0.4) is 0 Å². The Labute approximate surface area is 113 Å². The fourth-order valence-electron chi connectivity index (χ4n) is 1.58. The molecule has 2 aromatic rings. The predicted octanol–water partition coefficient (Wildman–Crippen LogP) is 1.95. The van der Waals surface area contributed by atoms with E-state index in [0.29, 0.717) is 0 Å². The number of carboxylic acids is 1. The molecule has 0 atom stereocenters. The summed E-state index contributed by atoms with van der Waals surface area (Å²) in [6, 6.07) is 4.12. The predicted molar refractivity (Wildman–Crippen MR) is 71.1 cm³/mol. The molecule has 0 aliphatic rings. The number of aromatic nitrogens is 1. The summed E-state index contributed by atoms with van der Waals surface area (Å²) in [5.41, 5.74) is 0.154. The van der Waals surface area contributed by atoms with Crippen LogP contribution in [-0.2, 0) is 10.0 Å². The van der Waals surface area contributed by atoms with Crippen molar-refractivity contribution in [1.29, 1.82) is 0 Å². The van der Waals surface area contributed by atoms with Crippen molar-refractivity contribution in [3.63, 3.8) is 0 Å². The van der Waals surface area contributed by atoms with Crippen LogP contribution < -0.4 is 4.72 Å². The standard InChI is InChI=1S/C11H10N2O4S2/c1-7-8(10(14)15)3-2-4-9(7)19(16,17)13-11-12-5-6-18-11/h2-6H,1H3,(H,12,13)(H,14,15). The van der Waals surface area contributed by atoms with Crippen LogP contribution in [0.5, 0.6) is 0 Å². The molecule has 1 aromatic heterocycles. The quantitative estimate of drug-likeness (QED) is 0.899. The molecule has 0 spiro atoms. The SMILES string of the molecule is Cc1c(C(=O)O)cccc1S(=O)(=O)Nc1nccs1. The van der Waals surface area contributed by atoms with Gasteiger partial charge in [-0.25, -0.2) is 18.2 Å². The fraction of sp³-hybridized carbons (Fsp3) is 0.0909. The van der Waals surface area contributed by atoms with E-state index in [2.05, 4.69) is 9.71 Å². The number of benzene rings is 1. The van der Waals surface area contributed by atoms with Crippen molar-refractivity contribution in [2.24, 2.45) is 0 Å². The van der Waals surface area contributed by atoms with Crippen LogP contribution in [0.2, 0.25) is 0 Å². The van der Waals surface area contributed by atoms with E-state index in [0.717, 1.165) is 11.3 Å². The number of nitrogens with one attached hydrogen (secondary N) is 1. The normalized spacial score (nSPS) is 11.2. The molecule has 1 heterocycles. The van der Waals surface area contributed by atoms with E-state index in [4.69, 9.17) is 5.11 Å². The minimum Gasteiger partial charge on any atom is -0.478 e. The first kappa shape index (κ1) is 13.5. The molecule has 6 nitrogen and oxygen atoms in total. The van der Waals surface area contributed by atoms with Gasteiger partial charge < -0.3 is 5.11 Å². The van der Waals surface area contributed by atoms with Gasteiger partial charge in [-0.15, -0.1) is 11.3 Å². The molecule has 0 unspecified atom stereocenters. The van der Waals surface area contributed by atoms with Gasteiger partial charge >= 0.3 is 5.97 Å². The van der Waals surface area contributed by atoms with E-state index >= 15 is 0 Å². The van der Waals surface area contributed by atoms with Crippen molar-refractivity contribution in [2.45, 2.75) is 11.8 Å². The lowest BCUT2D eigenvalue weighted by molar-refractivity contribution is 0.0696. The summed E-state index contributed by atoms with van der Waals surface area (Å²) >= 11 is 1.14. The number of hydrogen-bond acceptors (Lipinski definition) is 5. The zero-order chi connectivity index (χ0) is 14.0. The van der Waals surface area contributed by atoms with Gasteiger partial charge in [0, 0.05) is 11.6 Å². The molecule has 0 aliphatic heterocycles. The maximum atomic E-state index is 12.2. The van der Waals surface area contributed by atoms with Crippen LogP contribution in [0.4, 0.5) is 5.13 Å². The van der Waals surface area contributed by atoms with Crippen LogP contribution in [-0.4, -0.2) is 24.5 Å². The summed E-state index contributed by atoms with van der Waals surface area (Å²) < 4.78 is 26.6. The van der Waals surface area contributed by atoms with Gasteiger partial charge in [-0.1, -0.05) is 6.07 Å². The Bertz CT molecular complexity index is 708. The average molecular weight is 298 g/mol. The molecule has 0 bridgehead atoms. The molecular formula is C11H10N2O4S2. The monoisotopic (exact) mass is 298 g/mol. The Morgan fingerprint density at radius 1 is 1.42 bits per heavy atom. The van der Waals surface area contributed by atoms with Gasteiger partial charge in [0.15, 0.2) is 5.13 Å². The second-order valence-electron chi connectivity index (χ2n) is 3.68. The fourth-order valence-corrected chi connectivity index (χ4v) is 3.64. The lowest BCUT2D eigenvalue weighted by atomic mass is 10.1. The highest BCUT2D eigenvalue weighted by Gasteiger charge is 2.21. The second-order valence-corrected chi connectivity index (χ2v) is 6.22. The van der Waals surface area contributed by atoms with Gasteiger partial charge in [0.2, 0.25) is 0 Å². The van der Waals surface area contributed by atoms with Crippen LogP contribution in [0, 0.1) is 6.92 Å². The van der Waals surface area contributed by atoms with Gasteiger partial charge in [-0.3, -0.25) is 4.72 Å². The highest BCUT2D eigenvalue weighted by molar-refractivity contribution is 7.93. The van der Waals surface area contributed by atoms with Crippen molar-refractivity contribution >= 4 is 32.5 Å². The molecule has 0 fully saturated rings. The molecule has 1 aromatic carbocycles. The van der Waals surface area contributed by atoms with Crippen molar-refractivity contribution < 1.29 is 18.3 Å². The largest absolute Gasteiger partial charge is 0.478 e. The van der Waals surface area contributed by atoms with Crippen molar-refractivity contribution in [2.75, 3.05) is 4.72 Å². The van der Waals surface area contributed by atoms with Crippen molar-refractivity contribution in [3.05, 3.63) is 40.9 Å². The molecule has 2 rings (SSSR count). The van der Waals surface area contributed by atoms with E-state index in [1.165, 1.54) is 31.3 Å². The smallest absolute Gasteiger partial charge is 0.335 e. The Balaban J connectivity index is 2.47.